The van der Waals surface area contributed by atoms with Crippen molar-refractivity contribution in [2.75, 3.05) is 19.6 Å². The first-order valence-corrected chi connectivity index (χ1v) is 9.17. The molecular formula is C20H28N3O2+. The summed E-state index contributed by atoms with van der Waals surface area (Å²) in [4.78, 5) is 16.1. The highest BCUT2D eigenvalue weighted by Crippen LogP contribution is 2.50. The van der Waals surface area contributed by atoms with Gasteiger partial charge in [0.1, 0.15) is 12.1 Å². The van der Waals surface area contributed by atoms with Crippen LogP contribution in [-0.2, 0) is 10.2 Å². The Balaban J connectivity index is 1.61. The lowest BCUT2D eigenvalue weighted by Gasteiger charge is -2.37. The lowest BCUT2D eigenvalue weighted by atomic mass is 9.72. The Labute approximate surface area is 148 Å². The summed E-state index contributed by atoms with van der Waals surface area (Å²) in [7, 11) is 0. The number of rotatable bonds is 2. The molecule has 2 aromatic rings. The van der Waals surface area contributed by atoms with Gasteiger partial charge in [-0.25, -0.2) is 4.48 Å². The van der Waals surface area contributed by atoms with E-state index in [0.717, 1.165) is 31.4 Å². The monoisotopic (exact) mass is 342 g/mol. The van der Waals surface area contributed by atoms with Crippen LogP contribution in [0, 0.1) is 0 Å². The van der Waals surface area contributed by atoms with Gasteiger partial charge in [0.2, 0.25) is 0 Å². The summed E-state index contributed by atoms with van der Waals surface area (Å²) in [6, 6.07) is 8.72. The number of ether oxygens (including phenoxy) is 1. The van der Waals surface area contributed by atoms with E-state index in [1.165, 1.54) is 10.9 Å². The van der Waals surface area contributed by atoms with E-state index < -0.39 is 5.60 Å². The van der Waals surface area contributed by atoms with Gasteiger partial charge in [-0.15, -0.1) is 0 Å². The quantitative estimate of drug-likeness (QED) is 0.650. The van der Waals surface area contributed by atoms with Gasteiger partial charge in [0.25, 0.3) is 0 Å². The first-order valence-electron chi connectivity index (χ1n) is 9.17. The summed E-state index contributed by atoms with van der Waals surface area (Å²) < 4.78 is 6.17. The molecule has 0 aliphatic carbocycles. The molecule has 0 bridgehead atoms. The number of quaternary nitrogens is 1. The van der Waals surface area contributed by atoms with Crippen molar-refractivity contribution in [3.05, 3.63) is 36.0 Å². The van der Waals surface area contributed by atoms with Gasteiger partial charge in [-0.1, -0.05) is 18.2 Å². The zero-order valence-corrected chi connectivity index (χ0v) is 15.3. The number of nitrogens with zero attached hydrogens (tertiary/aromatic N) is 1. The molecule has 5 heteroatoms. The number of H-pyrrole nitrogens is 1. The SMILES string of the molecule is CC(C)(C)OC(=O)[N+]12CCC(CN)(c3c[nH]c4ccccc34)CC1C2. The molecule has 3 N–H and O–H groups in total. The average Bonchev–Trinajstić information content (AvgIpc) is 3.14. The van der Waals surface area contributed by atoms with Crippen LogP contribution in [-0.4, -0.2) is 46.8 Å². The van der Waals surface area contributed by atoms with Crippen LogP contribution in [0.15, 0.2) is 30.5 Å². The maximum atomic E-state index is 12.7. The molecule has 25 heavy (non-hydrogen) atoms. The number of nitrogens with two attached hydrogens (primary N) is 1. The van der Waals surface area contributed by atoms with E-state index in [1.807, 2.05) is 26.8 Å². The van der Waals surface area contributed by atoms with Gasteiger partial charge >= 0.3 is 6.09 Å². The van der Waals surface area contributed by atoms with Crippen LogP contribution in [0.3, 0.4) is 0 Å². The number of aromatic amines is 1. The number of hydrogen-bond acceptors (Lipinski definition) is 3. The Morgan fingerprint density at radius 1 is 1.40 bits per heavy atom. The van der Waals surface area contributed by atoms with Crippen LogP contribution < -0.4 is 5.73 Å². The summed E-state index contributed by atoms with van der Waals surface area (Å²) in [5.41, 5.74) is 8.26. The molecule has 3 heterocycles. The van der Waals surface area contributed by atoms with E-state index in [1.54, 1.807) is 0 Å². The van der Waals surface area contributed by atoms with Crippen molar-refractivity contribution in [2.45, 2.75) is 50.7 Å². The molecule has 0 radical (unpaired) electrons. The molecule has 1 aromatic heterocycles. The van der Waals surface area contributed by atoms with E-state index in [9.17, 15) is 4.79 Å². The van der Waals surface area contributed by atoms with Crippen LogP contribution in [0.5, 0.6) is 0 Å². The molecule has 5 nitrogen and oxygen atoms in total. The van der Waals surface area contributed by atoms with Crippen molar-refractivity contribution in [3.63, 3.8) is 0 Å². The summed E-state index contributed by atoms with van der Waals surface area (Å²) >= 11 is 0. The molecule has 134 valence electrons. The predicted molar refractivity (Wildman–Crippen MR) is 98.3 cm³/mol. The Bertz CT molecular complexity index is 822. The van der Waals surface area contributed by atoms with Crippen LogP contribution in [0.4, 0.5) is 4.79 Å². The van der Waals surface area contributed by atoms with Crippen molar-refractivity contribution in [1.29, 1.82) is 0 Å². The number of aromatic nitrogens is 1. The van der Waals surface area contributed by atoms with Crippen molar-refractivity contribution >= 4 is 17.0 Å². The van der Waals surface area contributed by atoms with Crippen LogP contribution >= 0.6 is 0 Å². The summed E-state index contributed by atoms with van der Waals surface area (Å²) in [6.07, 6.45) is 3.92. The summed E-state index contributed by atoms with van der Waals surface area (Å²) in [6.45, 7) is 8.11. The lowest BCUT2D eigenvalue weighted by Crippen LogP contribution is -2.50. The highest BCUT2D eigenvalue weighted by Gasteiger charge is 2.68. The fourth-order valence-electron chi connectivity index (χ4n) is 4.53. The third-order valence-electron chi connectivity index (χ3n) is 6.03. The van der Waals surface area contributed by atoms with Crippen molar-refractivity contribution in [1.82, 2.24) is 4.98 Å². The molecule has 0 spiro atoms. The molecule has 2 aliphatic heterocycles. The van der Waals surface area contributed by atoms with E-state index in [-0.39, 0.29) is 11.5 Å². The Morgan fingerprint density at radius 2 is 2.16 bits per heavy atom. The second-order valence-corrected chi connectivity index (χ2v) is 8.76. The number of fused-ring (bicyclic) bond motifs is 2. The number of hydrogen-bond donors (Lipinski definition) is 2. The Hall–Kier alpha value is -1.85. The molecular weight excluding hydrogens is 314 g/mol. The molecule has 4 rings (SSSR count). The van der Waals surface area contributed by atoms with Gasteiger partial charge in [-0.2, -0.15) is 4.79 Å². The number of carbonyl (C=O) groups excluding carboxylic acids is 1. The minimum Gasteiger partial charge on any atom is -0.414 e. The maximum absolute atomic E-state index is 12.7. The largest absolute Gasteiger partial charge is 0.517 e. The third kappa shape index (κ3) is 2.57. The molecule has 1 amide bonds. The van der Waals surface area contributed by atoms with Gasteiger partial charge in [-0.3, -0.25) is 0 Å². The van der Waals surface area contributed by atoms with E-state index in [4.69, 9.17) is 10.5 Å². The second-order valence-electron chi connectivity index (χ2n) is 8.76. The van der Waals surface area contributed by atoms with Gasteiger partial charge in [-0.05, 0) is 32.4 Å². The molecule has 2 aliphatic rings. The van der Waals surface area contributed by atoms with E-state index >= 15 is 0 Å². The summed E-state index contributed by atoms with van der Waals surface area (Å²) in [5, 5.41) is 1.26. The molecule has 0 saturated carbocycles. The van der Waals surface area contributed by atoms with Gasteiger partial charge in [0, 0.05) is 41.9 Å². The normalized spacial score (nSPS) is 31.6. The number of amides is 1. The van der Waals surface area contributed by atoms with Crippen molar-refractivity contribution in [3.8, 4) is 0 Å². The standard InChI is InChI=1S/C20H28N3O2/c1-19(2,3)25-18(24)23-9-8-20(13-21,10-14(23)12-23)16-11-22-17-7-5-4-6-15(16)17/h4-7,11,14,22H,8-10,12-13,21H2,1-3H3/q+1. The predicted octanol–water partition coefficient (Wildman–Crippen LogP) is 3.29. The maximum Gasteiger partial charge on any atom is 0.517 e. The smallest absolute Gasteiger partial charge is 0.414 e. The zero-order valence-electron chi connectivity index (χ0n) is 15.3. The number of benzene rings is 1. The van der Waals surface area contributed by atoms with Crippen LogP contribution in [0.2, 0.25) is 0 Å². The zero-order chi connectivity index (χ0) is 17.9. The fourth-order valence-corrected chi connectivity index (χ4v) is 4.53. The van der Waals surface area contributed by atoms with Crippen molar-refractivity contribution < 1.29 is 14.0 Å². The van der Waals surface area contributed by atoms with Crippen molar-refractivity contribution in [2.24, 2.45) is 5.73 Å². The minimum atomic E-state index is -0.434. The highest BCUT2D eigenvalue weighted by atomic mass is 16.6. The fraction of sp³-hybridized carbons (Fsp3) is 0.550. The number of para-hydroxylation sites is 1. The van der Waals surface area contributed by atoms with Crippen LogP contribution in [0.1, 0.15) is 39.2 Å². The molecule has 1 aromatic carbocycles. The third-order valence-corrected chi connectivity index (χ3v) is 6.03. The number of piperidine rings is 1. The lowest BCUT2D eigenvalue weighted by molar-refractivity contribution is -0.746. The summed E-state index contributed by atoms with van der Waals surface area (Å²) in [5.74, 6) is 0. The first-order chi connectivity index (χ1) is 11.8. The molecule has 3 atom stereocenters. The van der Waals surface area contributed by atoms with Crippen LogP contribution in [0.25, 0.3) is 10.9 Å². The Morgan fingerprint density at radius 3 is 2.84 bits per heavy atom. The molecule has 3 unspecified atom stereocenters. The number of carbonyl (C=O) groups is 1. The highest BCUT2D eigenvalue weighted by molar-refractivity contribution is 5.84. The number of nitrogens with one attached hydrogen (secondary N) is 1. The van der Waals surface area contributed by atoms with E-state index in [2.05, 4.69) is 29.4 Å². The molecule has 2 saturated heterocycles. The topological polar surface area (TPSA) is 68.1 Å². The average molecular weight is 342 g/mol. The van der Waals surface area contributed by atoms with E-state index in [0.29, 0.717) is 17.1 Å². The van der Waals surface area contributed by atoms with Gasteiger partial charge in [0.15, 0.2) is 6.04 Å². The Kier molecular flexibility index (Phi) is 3.54. The van der Waals surface area contributed by atoms with Gasteiger partial charge in [0.05, 0.1) is 6.54 Å². The molecule has 2 fully saturated rings. The minimum absolute atomic E-state index is 0.0511. The first kappa shape index (κ1) is 16.6. The second kappa shape index (κ2) is 5.32. The van der Waals surface area contributed by atoms with Gasteiger partial charge < -0.3 is 15.5 Å².